The van der Waals surface area contributed by atoms with E-state index >= 15 is 0 Å². The monoisotopic (exact) mass is 328 g/mol. The van der Waals surface area contributed by atoms with Crippen molar-refractivity contribution in [3.63, 3.8) is 0 Å². The van der Waals surface area contributed by atoms with Crippen molar-refractivity contribution in [2.45, 2.75) is 19.3 Å². The predicted molar refractivity (Wildman–Crippen MR) is 84.9 cm³/mol. The third kappa shape index (κ3) is 3.27. The van der Waals surface area contributed by atoms with Crippen molar-refractivity contribution in [2.24, 2.45) is 0 Å². The van der Waals surface area contributed by atoms with Gasteiger partial charge in [0.2, 0.25) is 6.29 Å². The van der Waals surface area contributed by atoms with E-state index in [9.17, 15) is 14.9 Å². The fraction of sp³-hybridized carbons (Fsp3) is 0.235. The maximum absolute atomic E-state index is 12.6. The van der Waals surface area contributed by atoms with Crippen molar-refractivity contribution in [1.82, 2.24) is 5.06 Å². The summed E-state index contributed by atoms with van der Waals surface area (Å²) in [6.45, 7) is 2.03. The minimum absolute atomic E-state index is 0.108. The molecule has 0 unspecified atom stereocenters. The molecule has 1 saturated heterocycles. The van der Waals surface area contributed by atoms with Crippen LogP contribution in [0.3, 0.4) is 0 Å². The summed E-state index contributed by atoms with van der Waals surface area (Å²) in [4.78, 5) is 28.9. The fourth-order valence-electron chi connectivity index (χ4n) is 2.51. The molecule has 124 valence electrons. The number of carbonyl (C=O) groups is 1. The molecule has 2 atom stereocenters. The summed E-state index contributed by atoms with van der Waals surface area (Å²) < 4.78 is 5.66. The highest BCUT2D eigenvalue weighted by molar-refractivity contribution is 5.93. The van der Waals surface area contributed by atoms with Gasteiger partial charge >= 0.3 is 0 Å². The predicted octanol–water partition coefficient (Wildman–Crippen LogP) is 3.09. The molecule has 0 radical (unpaired) electrons. The van der Waals surface area contributed by atoms with E-state index in [4.69, 9.17) is 9.57 Å². The zero-order valence-electron chi connectivity index (χ0n) is 13.0. The highest BCUT2D eigenvalue weighted by Gasteiger charge is 2.34. The van der Waals surface area contributed by atoms with Crippen LogP contribution in [0, 0.1) is 10.1 Å². The Labute approximate surface area is 138 Å². The minimum Gasteiger partial charge on any atom is -0.341 e. The molecular formula is C17H16N2O5. The van der Waals surface area contributed by atoms with Crippen molar-refractivity contribution >= 4 is 11.6 Å². The van der Waals surface area contributed by atoms with Crippen LogP contribution < -0.4 is 0 Å². The van der Waals surface area contributed by atoms with Crippen LogP contribution in [0.25, 0.3) is 0 Å². The molecule has 0 bridgehead atoms. The van der Waals surface area contributed by atoms with Gasteiger partial charge in [-0.15, -0.1) is 0 Å². The molecule has 0 spiro atoms. The van der Waals surface area contributed by atoms with Crippen molar-refractivity contribution in [3.05, 3.63) is 75.8 Å². The lowest BCUT2D eigenvalue weighted by atomic mass is 10.1. The van der Waals surface area contributed by atoms with Crippen LogP contribution in [0.15, 0.2) is 54.6 Å². The lowest BCUT2D eigenvalue weighted by Gasteiger charge is -2.35. The van der Waals surface area contributed by atoms with Gasteiger partial charge in [0.1, 0.15) is 0 Å². The molecule has 0 aromatic heterocycles. The quantitative estimate of drug-likeness (QED) is 0.639. The maximum Gasteiger partial charge on any atom is 0.277 e. The Kier molecular flexibility index (Phi) is 4.54. The largest absolute Gasteiger partial charge is 0.341 e. The van der Waals surface area contributed by atoms with Crippen molar-refractivity contribution in [3.8, 4) is 0 Å². The third-order valence-corrected chi connectivity index (χ3v) is 3.64. The summed E-state index contributed by atoms with van der Waals surface area (Å²) in [5.74, 6) is -0.311. The number of hydrogen-bond donors (Lipinski definition) is 0. The van der Waals surface area contributed by atoms with Gasteiger partial charge in [-0.2, -0.15) is 0 Å². The average Bonchev–Trinajstić information content (AvgIpc) is 2.61. The van der Waals surface area contributed by atoms with Gasteiger partial charge < -0.3 is 4.74 Å². The van der Waals surface area contributed by atoms with E-state index < -0.39 is 11.2 Å². The van der Waals surface area contributed by atoms with E-state index in [0.29, 0.717) is 5.56 Å². The second kappa shape index (κ2) is 6.77. The summed E-state index contributed by atoms with van der Waals surface area (Å²) in [7, 11) is 0. The topological polar surface area (TPSA) is 81.9 Å². The Morgan fingerprint density at radius 1 is 1.17 bits per heavy atom. The number of nitro benzene ring substituents is 1. The van der Waals surface area contributed by atoms with Gasteiger partial charge in [0, 0.05) is 11.6 Å². The highest BCUT2D eigenvalue weighted by atomic mass is 16.8. The first-order valence-corrected chi connectivity index (χ1v) is 7.48. The minimum atomic E-state index is -1.01. The van der Waals surface area contributed by atoms with Crippen LogP contribution in [-0.2, 0) is 9.57 Å². The van der Waals surface area contributed by atoms with Gasteiger partial charge in [0.15, 0.2) is 0 Å². The van der Waals surface area contributed by atoms with Crippen LogP contribution in [0.5, 0.6) is 0 Å². The van der Waals surface area contributed by atoms with Crippen LogP contribution in [0.2, 0.25) is 0 Å². The fourth-order valence-corrected chi connectivity index (χ4v) is 2.51. The average molecular weight is 328 g/mol. The molecule has 0 saturated carbocycles. The van der Waals surface area contributed by atoms with E-state index in [1.165, 1.54) is 11.1 Å². The molecule has 1 aliphatic heterocycles. The smallest absolute Gasteiger partial charge is 0.277 e. The summed E-state index contributed by atoms with van der Waals surface area (Å²) >= 11 is 0. The molecule has 3 rings (SSSR count). The second-order valence-electron chi connectivity index (χ2n) is 5.43. The number of carbonyl (C=O) groups excluding carboxylic acids is 1. The Hall–Kier alpha value is -2.77. The molecule has 1 fully saturated rings. The molecule has 7 nitrogen and oxygen atoms in total. The van der Waals surface area contributed by atoms with Gasteiger partial charge in [0.25, 0.3) is 11.6 Å². The summed E-state index contributed by atoms with van der Waals surface area (Å²) in [6, 6.07) is 14.9. The number of amides is 1. The lowest BCUT2D eigenvalue weighted by molar-refractivity contribution is -0.390. The van der Waals surface area contributed by atoms with Crippen LogP contribution in [0.4, 0.5) is 5.69 Å². The number of hydrogen-bond acceptors (Lipinski definition) is 5. The Morgan fingerprint density at radius 3 is 2.54 bits per heavy atom. The van der Waals surface area contributed by atoms with Gasteiger partial charge in [-0.05, 0) is 25.1 Å². The molecule has 0 N–H and O–H groups in total. The van der Waals surface area contributed by atoms with Crippen LogP contribution >= 0.6 is 0 Å². The number of hydroxylamine groups is 2. The second-order valence-corrected chi connectivity index (χ2v) is 5.43. The summed E-state index contributed by atoms with van der Waals surface area (Å²) in [5, 5.41) is 12.4. The third-order valence-electron chi connectivity index (χ3n) is 3.64. The number of rotatable bonds is 3. The van der Waals surface area contributed by atoms with Crippen molar-refractivity contribution < 1.29 is 19.3 Å². The number of ether oxygens (including phenoxy) is 1. The Balaban J connectivity index is 1.87. The first kappa shape index (κ1) is 16.1. The lowest BCUT2D eigenvalue weighted by Crippen LogP contribution is -2.44. The first-order chi connectivity index (χ1) is 11.6. The van der Waals surface area contributed by atoms with Crippen LogP contribution in [-0.4, -0.2) is 28.5 Å². The number of benzene rings is 2. The molecule has 1 heterocycles. The molecule has 0 aliphatic carbocycles. The highest BCUT2D eigenvalue weighted by Crippen LogP contribution is 2.33. The summed E-state index contributed by atoms with van der Waals surface area (Å²) in [6.07, 6.45) is -1.33. The molecule has 7 heteroatoms. The molecular weight excluding hydrogens is 312 g/mol. The number of nitrogens with zero attached hydrogens (tertiary/aromatic N) is 2. The zero-order valence-corrected chi connectivity index (χ0v) is 13.0. The first-order valence-electron chi connectivity index (χ1n) is 7.48. The molecule has 2 aromatic carbocycles. The van der Waals surface area contributed by atoms with E-state index in [-0.39, 0.29) is 29.8 Å². The van der Waals surface area contributed by atoms with Gasteiger partial charge in [0.05, 0.1) is 23.1 Å². The number of para-hydroxylation sites is 1. The van der Waals surface area contributed by atoms with Crippen LogP contribution in [0.1, 0.15) is 29.1 Å². The molecule has 24 heavy (non-hydrogen) atoms. The molecule has 1 amide bonds. The van der Waals surface area contributed by atoms with Gasteiger partial charge in [-0.25, -0.2) is 9.90 Å². The summed E-state index contributed by atoms with van der Waals surface area (Å²) in [5.41, 5.74) is 0.650. The van der Waals surface area contributed by atoms with E-state index in [1.54, 1.807) is 49.4 Å². The molecule has 1 aliphatic rings. The molecule has 2 aromatic rings. The number of nitro groups is 1. The van der Waals surface area contributed by atoms with Gasteiger partial charge in [-0.1, -0.05) is 30.3 Å². The standard InChI is InChI=1S/C17H16N2O5/c1-12-11-18(16(20)13-7-3-2-4-8-13)24-17(23-12)14-9-5-6-10-15(14)19(21)22/h2-10,12,17H,11H2,1H3/t12-,17-/m1/s1. The van der Waals surface area contributed by atoms with Crippen molar-refractivity contribution in [2.75, 3.05) is 6.54 Å². The SMILES string of the molecule is C[C@@H]1CN(C(=O)c2ccccc2)O[C@H](c2ccccc2[N+](=O)[O-])O1. The van der Waals surface area contributed by atoms with E-state index in [2.05, 4.69) is 0 Å². The maximum atomic E-state index is 12.6. The Bertz CT molecular complexity index is 750. The van der Waals surface area contributed by atoms with E-state index in [1.807, 2.05) is 6.07 Å². The Morgan fingerprint density at radius 2 is 1.83 bits per heavy atom. The zero-order chi connectivity index (χ0) is 17.1. The van der Waals surface area contributed by atoms with Gasteiger partial charge in [-0.3, -0.25) is 14.9 Å². The normalized spacial score (nSPS) is 20.6. The van der Waals surface area contributed by atoms with Crippen molar-refractivity contribution in [1.29, 1.82) is 0 Å². The van der Waals surface area contributed by atoms with E-state index in [0.717, 1.165) is 0 Å².